The second-order valence-electron chi connectivity index (χ2n) is 4.44. The zero-order valence-electron chi connectivity index (χ0n) is 9.61. The van der Waals surface area contributed by atoms with E-state index >= 15 is 0 Å². The number of nitrogens with zero attached hydrogens (tertiary/aromatic N) is 2. The van der Waals surface area contributed by atoms with E-state index in [9.17, 15) is 0 Å². The molecule has 1 heterocycles. The Balaban J connectivity index is 1.94. The lowest BCUT2D eigenvalue weighted by molar-refractivity contribution is 0.249. The van der Waals surface area contributed by atoms with Crippen LogP contribution in [-0.4, -0.2) is 38.1 Å². The van der Waals surface area contributed by atoms with Crippen LogP contribution in [0.15, 0.2) is 24.3 Å². The minimum atomic E-state index is 0.758. The first-order valence-electron chi connectivity index (χ1n) is 5.65. The van der Waals surface area contributed by atoms with Crippen LogP contribution in [0.2, 0.25) is 0 Å². The van der Waals surface area contributed by atoms with Crippen molar-refractivity contribution in [2.75, 3.05) is 32.1 Å². The van der Waals surface area contributed by atoms with Gasteiger partial charge in [0.1, 0.15) is 0 Å². The fourth-order valence-electron chi connectivity index (χ4n) is 2.22. The predicted molar refractivity (Wildman–Crippen MR) is 64.2 cm³/mol. The molecule has 0 spiro atoms. The van der Waals surface area contributed by atoms with E-state index in [4.69, 9.17) is 0 Å². The first-order valence-corrected chi connectivity index (χ1v) is 5.65. The van der Waals surface area contributed by atoms with Crippen LogP contribution in [-0.2, 0) is 0 Å². The number of hydrogen-bond donors (Lipinski definition) is 0. The lowest BCUT2D eigenvalue weighted by atomic mass is 10.0. The van der Waals surface area contributed by atoms with E-state index in [0.717, 1.165) is 6.04 Å². The van der Waals surface area contributed by atoms with Gasteiger partial charge in [0.15, 0.2) is 0 Å². The van der Waals surface area contributed by atoms with Gasteiger partial charge >= 0.3 is 0 Å². The summed E-state index contributed by atoms with van der Waals surface area (Å²) in [4.78, 5) is 4.80. The molecule has 2 heteroatoms. The van der Waals surface area contributed by atoms with Crippen molar-refractivity contribution in [3.05, 3.63) is 30.3 Å². The van der Waals surface area contributed by atoms with Gasteiger partial charge in [-0.3, -0.25) is 0 Å². The Bertz CT molecular complexity index is 287. The molecule has 0 bridgehead atoms. The van der Waals surface area contributed by atoms with Crippen molar-refractivity contribution in [3.63, 3.8) is 0 Å². The molecule has 1 fully saturated rings. The van der Waals surface area contributed by atoms with Gasteiger partial charge in [-0.2, -0.15) is 0 Å². The second-order valence-corrected chi connectivity index (χ2v) is 4.44. The van der Waals surface area contributed by atoms with Crippen LogP contribution in [0.5, 0.6) is 0 Å². The van der Waals surface area contributed by atoms with Gasteiger partial charge < -0.3 is 9.80 Å². The molecule has 1 aliphatic heterocycles. The third-order valence-corrected chi connectivity index (χ3v) is 3.25. The van der Waals surface area contributed by atoms with Crippen LogP contribution in [0.3, 0.4) is 0 Å². The smallest absolute Gasteiger partial charge is 0.0372 e. The van der Waals surface area contributed by atoms with Gasteiger partial charge in [0.05, 0.1) is 0 Å². The van der Waals surface area contributed by atoms with E-state index in [0.29, 0.717) is 0 Å². The standard InChI is InChI=1S/C13H19N2/c1-14(2)12-8-10-15(11-9-12)13-6-4-3-5-7-13/h3-4,6-7,12H,8-11H2,1-2H3. The molecule has 1 radical (unpaired) electrons. The van der Waals surface area contributed by atoms with E-state index in [1.54, 1.807) is 0 Å². The summed E-state index contributed by atoms with van der Waals surface area (Å²) in [5.74, 6) is 0. The van der Waals surface area contributed by atoms with Gasteiger partial charge in [-0.05, 0) is 45.1 Å². The first kappa shape index (κ1) is 10.5. The Morgan fingerprint density at radius 3 is 2.60 bits per heavy atom. The van der Waals surface area contributed by atoms with Crippen molar-refractivity contribution in [1.29, 1.82) is 0 Å². The van der Waals surface area contributed by atoms with Gasteiger partial charge in [0.2, 0.25) is 0 Å². The molecule has 0 aromatic heterocycles. The van der Waals surface area contributed by atoms with Crippen molar-refractivity contribution in [3.8, 4) is 0 Å². The Morgan fingerprint density at radius 1 is 1.33 bits per heavy atom. The van der Waals surface area contributed by atoms with E-state index in [1.807, 2.05) is 6.07 Å². The summed E-state index contributed by atoms with van der Waals surface area (Å²) >= 11 is 0. The van der Waals surface area contributed by atoms with E-state index in [-0.39, 0.29) is 0 Å². The molecular weight excluding hydrogens is 184 g/mol. The Hall–Kier alpha value is -1.02. The molecule has 0 N–H and O–H groups in total. The molecule has 15 heavy (non-hydrogen) atoms. The normalized spacial score (nSPS) is 18.5. The second kappa shape index (κ2) is 4.67. The van der Waals surface area contributed by atoms with Crippen LogP contribution in [0.1, 0.15) is 12.8 Å². The summed E-state index contributed by atoms with van der Waals surface area (Å²) in [6.45, 7) is 2.33. The summed E-state index contributed by atoms with van der Waals surface area (Å²) < 4.78 is 0. The summed E-state index contributed by atoms with van der Waals surface area (Å²) in [6.07, 6.45) is 2.53. The van der Waals surface area contributed by atoms with Crippen molar-refractivity contribution in [1.82, 2.24) is 4.90 Å². The van der Waals surface area contributed by atoms with Crippen LogP contribution in [0, 0.1) is 6.07 Å². The summed E-state index contributed by atoms with van der Waals surface area (Å²) in [6, 6.07) is 12.2. The number of anilines is 1. The molecule has 0 aliphatic carbocycles. The molecule has 1 saturated heterocycles. The van der Waals surface area contributed by atoms with Gasteiger partial charge in [0.25, 0.3) is 0 Å². The molecule has 0 amide bonds. The summed E-state index contributed by atoms with van der Waals surface area (Å²) in [7, 11) is 4.35. The zero-order valence-corrected chi connectivity index (χ0v) is 9.61. The molecule has 0 unspecified atom stereocenters. The number of rotatable bonds is 2. The third kappa shape index (κ3) is 2.51. The highest BCUT2D eigenvalue weighted by Gasteiger charge is 2.20. The Morgan fingerprint density at radius 2 is 2.07 bits per heavy atom. The number of benzene rings is 1. The highest BCUT2D eigenvalue weighted by Crippen LogP contribution is 2.20. The summed E-state index contributed by atoms with van der Waals surface area (Å²) in [5, 5.41) is 0. The van der Waals surface area contributed by atoms with E-state index in [2.05, 4.69) is 48.2 Å². The average Bonchev–Trinajstić information content (AvgIpc) is 2.30. The fourth-order valence-corrected chi connectivity index (χ4v) is 2.22. The molecule has 81 valence electrons. The minimum Gasteiger partial charge on any atom is -0.371 e. The molecule has 1 aromatic rings. The van der Waals surface area contributed by atoms with Gasteiger partial charge in [-0.25, -0.2) is 0 Å². The first-order chi connectivity index (χ1) is 7.27. The number of hydrogen-bond acceptors (Lipinski definition) is 2. The SMILES string of the molecule is CN(C)C1CCN(c2c[c]ccc2)CC1. The van der Waals surface area contributed by atoms with Gasteiger partial charge in [0, 0.05) is 24.8 Å². The largest absolute Gasteiger partial charge is 0.371 e. The zero-order chi connectivity index (χ0) is 10.7. The van der Waals surface area contributed by atoms with Crippen molar-refractivity contribution in [2.24, 2.45) is 0 Å². The van der Waals surface area contributed by atoms with Crippen LogP contribution in [0.25, 0.3) is 0 Å². The average molecular weight is 203 g/mol. The highest BCUT2D eigenvalue weighted by molar-refractivity contribution is 5.45. The Labute approximate surface area is 92.5 Å². The maximum Gasteiger partial charge on any atom is 0.0372 e. The molecule has 2 nitrogen and oxygen atoms in total. The monoisotopic (exact) mass is 203 g/mol. The van der Waals surface area contributed by atoms with E-state index < -0.39 is 0 Å². The van der Waals surface area contributed by atoms with Crippen LogP contribution in [0.4, 0.5) is 5.69 Å². The Kier molecular flexibility index (Phi) is 3.27. The molecule has 0 atom stereocenters. The topological polar surface area (TPSA) is 6.48 Å². The lowest BCUT2D eigenvalue weighted by Gasteiger charge is -2.36. The predicted octanol–water partition coefficient (Wildman–Crippen LogP) is 2.02. The quantitative estimate of drug-likeness (QED) is 0.725. The lowest BCUT2D eigenvalue weighted by Crippen LogP contribution is -2.41. The maximum atomic E-state index is 3.14. The fraction of sp³-hybridized carbons (Fsp3) is 0.538. The minimum absolute atomic E-state index is 0.758. The van der Waals surface area contributed by atoms with Gasteiger partial charge in [-0.15, -0.1) is 0 Å². The summed E-state index contributed by atoms with van der Waals surface area (Å²) in [5.41, 5.74) is 1.31. The third-order valence-electron chi connectivity index (χ3n) is 3.25. The molecule has 1 aromatic carbocycles. The van der Waals surface area contributed by atoms with Crippen molar-refractivity contribution in [2.45, 2.75) is 18.9 Å². The van der Waals surface area contributed by atoms with E-state index in [1.165, 1.54) is 31.6 Å². The van der Waals surface area contributed by atoms with Crippen LogP contribution < -0.4 is 4.90 Å². The van der Waals surface area contributed by atoms with Crippen molar-refractivity contribution < 1.29 is 0 Å². The molecule has 2 rings (SSSR count). The highest BCUT2D eigenvalue weighted by atomic mass is 15.2. The van der Waals surface area contributed by atoms with Crippen molar-refractivity contribution >= 4 is 5.69 Å². The maximum absolute atomic E-state index is 3.14. The molecular formula is C13H19N2. The molecule has 0 saturated carbocycles. The molecule has 1 aliphatic rings. The van der Waals surface area contributed by atoms with Gasteiger partial charge in [-0.1, -0.05) is 12.1 Å². The van der Waals surface area contributed by atoms with Crippen LogP contribution >= 0.6 is 0 Å². The number of piperidine rings is 1.